The molecule has 1 N–H and O–H groups in total. The Morgan fingerprint density at radius 2 is 1.79 bits per heavy atom. The van der Waals surface area contributed by atoms with Crippen LogP contribution in [0.2, 0.25) is 0 Å². The molecule has 180 valence electrons. The first kappa shape index (κ1) is 26.3. The van der Waals surface area contributed by atoms with Crippen molar-refractivity contribution in [1.29, 1.82) is 0 Å². The van der Waals surface area contributed by atoms with Gasteiger partial charge in [0, 0.05) is 33.6 Å². The first-order chi connectivity index (χ1) is 15.7. The summed E-state index contributed by atoms with van der Waals surface area (Å²) in [7, 11) is 0.994. The largest absolute Gasteiger partial charge is 0.497 e. The van der Waals surface area contributed by atoms with Crippen molar-refractivity contribution in [1.82, 2.24) is 14.5 Å². The monoisotopic (exact) mass is 475 g/mol. The van der Waals surface area contributed by atoms with Crippen LogP contribution >= 0.6 is 0 Å². The standard InChI is InChI=1S/C24H33N3O5S/c1-5-22(24(29)25-2)27(18-19-11-9-12-20(17-19)32-4)23(28)15-10-16-26(3)33(30,31)21-13-7-6-8-14-21/h6-9,11-14,17,22H,5,10,15-16,18H2,1-4H3,(H,25,29). The molecule has 0 aromatic heterocycles. The highest BCUT2D eigenvalue weighted by atomic mass is 32.2. The Labute approximate surface area is 196 Å². The first-order valence-corrected chi connectivity index (χ1v) is 12.3. The predicted octanol–water partition coefficient (Wildman–Crippen LogP) is 2.65. The van der Waals surface area contributed by atoms with Gasteiger partial charge in [0.1, 0.15) is 11.8 Å². The van der Waals surface area contributed by atoms with Crippen molar-refractivity contribution in [3.8, 4) is 5.75 Å². The number of hydrogen-bond acceptors (Lipinski definition) is 5. The van der Waals surface area contributed by atoms with E-state index in [2.05, 4.69) is 5.32 Å². The van der Waals surface area contributed by atoms with E-state index in [1.807, 2.05) is 31.2 Å². The molecule has 1 unspecified atom stereocenters. The number of sulfonamides is 1. The third kappa shape index (κ3) is 7.03. The average molecular weight is 476 g/mol. The molecule has 0 radical (unpaired) electrons. The van der Waals surface area contributed by atoms with Crippen LogP contribution in [0.3, 0.4) is 0 Å². The molecule has 0 aliphatic heterocycles. The van der Waals surface area contributed by atoms with Crippen molar-refractivity contribution in [3.05, 3.63) is 60.2 Å². The third-order valence-electron chi connectivity index (χ3n) is 5.43. The number of hydrogen-bond donors (Lipinski definition) is 1. The summed E-state index contributed by atoms with van der Waals surface area (Å²) in [6, 6.07) is 14.9. The van der Waals surface area contributed by atoms with E-state index in [1.165, 1.54) is 11.4 Å². The van der Waals surface area contributed by atoms with E-state index in [1.54, 1.807) is 49.4 Å². The number of nitrogens with zero attached hydrogens (tertiary/aromatic N) is 2. The summed E-state index contributed by atoms with van der Waals surface area (Å²) in [4.78, 5) is 27.4. The van der Waals surface area contributed by atoms with Gasteiger partial charge < -0.3 is 15.0 Å². The number of rotatable bonds is 12. The van der Waals surface area contributed by atoms with Crippen LogP contribution in [-0.2, 0) is 26.2 Å². The quantitative estimate of drug-likeness (QED) is 0.509. The van der Waals surface area contributed by atoms with E-state index in [9.17, 15) is 18.0 Å². The number of likely N-dealkylation sites (N-methyl/N-ethyl adjacent to an activating group) is 1. The molecule has 0 fully saturated rings. The van der Waals surface area contributed by atoms with E-state index in [0.29, 0.717) is 18.6 Å². The predicted molar refractivity (Wildman–Crippen MR) is 127 cm³/mol. The maximum atomic E-state index is 13.2. The smallest absolute Gasteiger partial charge is 0.242 e. The van der Waals surface area contributed by atoms with Gasteiger partial charge in [0.2, 0.25) is 21.8 Å². The maximum Gasteiger partial charge on any atom is 0.242 e. The molecule has 8 nitrogen and oxygen atoms in total. The lowest BCUT2D eigenvalue weighted by Crippen LogP contribution is -2.48. The van der Waals surface area contributed by atoms with E-state index >= 15 is 0 Å². The van der Waals surface area contributed by atoms with Gasteiger partial charge in [-0.3, -0.25) is 9.59 Å². The molecular formula is C24H33N3O5S. The van der Waals surface area contributed by atoms with Gasteiger partial charge in [-0.2, -0.15) is 0 Å². The van der Waals surface area contributed by atoms with Crippen LogP contribution in [0.1, 0.15) is 31.7 Å². The number of ether oxygens (including phenoxy) is 1. The van der Waals surface area contributed by atoms with Gasteiger partial charge in [0.15, 0.2) is 0 Å². The number of methoxy groups -OCH3 is 1. The zero-order valence-corrected chi connectivity index (χ0v) is 20.5. The summed E-state index contributed by atoms with van der Waals surface area (Å²) in [5.41, 5.74) is 0.842. The molecule has 0 spiro atoms. The molecule has 2 rings (SSSR count). The normalized spacial score (nSPS) is 12.3. The fourth-order valence-corrected chi connectivity index (χ4v) is 4.77. The lowest BCUT2D eigenvalue weighted by molar-refractivity contribution is -0.141. The van der Waals surface area contributed by atoms with Crippen LogP contribution in [-0.4, -0.2) is 63.2 Å². The average Bonchev–Trinajstić information content (AvgIpc) is 2.84. The number of benzene rings is 2. The van der Waals surface area contributed by atoms with Gasteiger partial charge in [0.25, 0.3) is 0 Å². The molecule has 0 heterocycles. The summed E-state index contributed by atoms with van der Waals surface area (Å²) in [5, 5.41) is 2.63. The first-order valence-electron chi connectivity index (χ1n) is 10.9. The lowest BCUT2D eigenvalue weighted by Gasteiger charge is -2.30. The molecule has 1 atom stereocenters. The van der Waals surface area contributed by atoms with Gasteiger partial charge >= 0.3 is 0 Å². The van der Waals surface area contributed by atoms with E-state index in [0.717, 1.165) is 5.56 Å². The van der Waals surface area contributed by atoms with Gasteiger partial charge in [-0.15, -0.1) is 0 Å². The molecule has 2 aromatic carbocycles. The fraction of sp³-hybridized carbons (Fsp3) is 0.417. The zero-order valence-electron chi connectivity index (χ0n) is 19.7. The van der Waals surface area contributed by atoms with Gasteiger partial charge in [-0.05, 0) is 42.7 Å². The minimum Gasteiger partial charge on any atom is -0.497 e. The molecule has 2 aromatic rings. The van der Waals surface area contributed by atoms with E-state index in [-0.39, 0.29) is 36.2 Å². The minimum absolute atomic E-state index is 0.117. The van der Waals surface area contributed by atoms with Crippen molar-refractivity contribution in [2.75, 3.05) is 27.7 Å². The number of carbonyl (C=O) groups is 2. The highest BCUT2D eigenvalue weighted by Gasteiger charge is 2.28. The van der Waals surface area contributed by atoms with Gasteiger partial charge in [0.05, 0.1) is 12.0 Å². The molecule has 0 aliphatic carbocycles. The third-order valence-corrected chi connectivity index (χ3v) is 7.31. The second-order valence-electron chi connectivity index (χ2n) is 7.65. The Balaban J connectivity index is 2.11. The molecule has 0 saturated heterocycles. The van der Waals surface area contributed by atoms with Crippen molar-refractivity contribution in [2.45, 2.75) is 43.7 Å². The van der Waals surface area contributed by atoms with Gasteiger partial charge in [-0.1, -0.05) is 37.3 Å². The Morgan fingerprint density at radius 1 is 1.09 bits per heavy atom. The summed E-state index contributed by atoms with van der Waals surface area (Å²) in [6.07, 6.45) is 0.907. The van der Waals surface area contributed by atoms with Crippen molar-refractivity contribution in [3.63, 3.8) is 0 Å². The minimum atomic E-state index is -3.62. The summed E-state index contributed by atoms with van der Waals surface area (Å²) in [5.74, 6) is 0.219. The second-order valence-corrected chi connectivity index (χ2v) is 9.70. The Bertz CT molecular complexity index is 1030. The lowest BCUT2D eigenvalue weighted by atomic mass is 10.1. The molecule has 33 heavy (non-hydrogen) atoms. The van der Waals surface area contributed by atoms with Crippen LogP contribution in [0.25, 0.3) is 0 Å². The van der Waals surface area contributed by atoms with Crippen LogP contribution in [0, 0.1) is 0 Å². The summed E-state index contributed by atoms with van der Waals surface area (Å²) < 4.78 is 31.9. The number of amides is 2. The second kappa shape index (κ2) is 12.4. The van der Waals surface area contributed by atoms with Crippen molar-refractivity contribution >= 4 is 21.8 Å². The summed E-state index contributed by atoms with van der Waals surface area (Å²) in [6.45, 7) is 2.29. The van der Waals surface area contributed by atoms with Crippen LogP contribution in [0.4, 0.5) is 0 Å². The highest BCUT2D eigenvalue weighted by molar-refractivity contribution is 7.89. The number of nitrogens with one attached hydrogen (secondary N) is 1. The highest BCUT2D eigenvalue weighted by Crippen LogP contribution is 2.19. The molecule has 0 bridgehead atoms. The fourth-order valence-electron chi connectivity index (χ4n) is 3.54. The Hall–Kier alpha value is -2.91. The molecule has 0 aliphatic rings. The van der Waals surface area contributed by atoms with Crippen molar-refractivity contribution in [2.24, 2.45) is 0 Å². The SMILES string of the molecule is CCC(C(=O)NC)N(Cc1cccc(OC)c1)C(=O)CCCN(C)S(=O)(=O)c1ccccc1. The van der Waals surface area contributed by atoms with Crippen LogP contribution < -0.4 is 10.1 Å². The molecular weight excluding hydrogens is 442 g/mol. The van der Waals surface area contributed by atoms with Crippen LogP contribution in [0.5, 0.6) is 5.75 Å². The molecule has 2 amide bonds. The maximum absolute atomic E-state index is 13.2. The number of carbonyl (C=O) groups excluding carboxylic acids is 2. The van der Waals surface area contributed by atoms with E-state index in [4.69, 9.17) is 4.74 Å². The van der Waals surface area contributed by atoms with Crippen LogP contribution in [0.15, 0.2) is 59.5 Å². The Kier molecular flexibility index (Phi) is 9.87. The van der Waals surface area contributed by atoms with Crippen molar-refractivity contribution < 1.29 is 22.7 Å². The summed E-state index contributed by atoms with van der Waals surface area (Å²) >= 11 is 0. The zero-order chi connectivity index (χ0) is 24.4. The molecule has 0 saturated carbocycles. The van der Waals surface area contributed by atoms with E-state index < -0.39 is 16.1 Å². The van der Waals surface area contributed by atoms with Gasteiger partial charge in [-0.25, -0.2) is 12.7 Å². The Morgan fingerprint density at radius 3 is 2.39 bits per heavy atom. The molecule has 9 heteroatoms. The topological polar surface area (TPSA) is 96.0 Å².